The lowest BCUT2D eigenvalue weighted by atomic mass is 10.1. The number of anilines is 2. The Bertz CT molecular complexity index is 976. The topological polar surface area (TPSA) is 108 Å². The van der Waals surface area contributed by atoms with Gasteiger partial charge in [0.05, 0.1) is 5.69 Å². The first kappa shape index (κ1) is 21.0. The Kier molecular flexibility index (Phi) is 5.86. The Balaban J connectivity index is 1.64. The Hall–Kier alpha value is -3.68. The molecule has 0 aliphatic carbocycles. The molecule has 0 unspecified atom stereocenters. The highest BCUT2D eigenvalue weighted by Crippen LogP contribution is 2.19. The van der Waals surface area contributed by atoms with Crippen LogP contribution < -0.4 is 21.1 Å². The van der Waals surface area contributed by atoms with Crippen LogP contribution in [-0.2, 0) is 9.59 Å². The van der Waals surface area contributed by atoms with Crippen LogP contribution in [0.3, 0.4) is 0 Å². The summed E-state index contributed by atoms with van der Waals surface area (Å²) in [5.41, 5.74) is 4.10. The molecule has 3 N–H and O–H groups in total. The zero-order valence-corrected chi connectivity index (χ0v) is 17.1. The minimum absolute atomic E-state index is 0.151. The normalized spacial score (nSPS) is 14.2. The Morgan fingerprint density at radius 2 is 1.43 bits per heavy atom. The van der Waals surface area contributed by atoms with Crippen LogP contribution in [0.2, 0.25) is 0 Å². The number of carbonyl (C=O) groups excluding carboxylic acids is 4. The van der Waals surface area contributed by atoms with Gasteiger partial charge in [-0.25, -0.2) is 5.01 Å². The summed E-state index contributed by atoms with van der Waals surface area (Å²) in [4.78, 5) is 48.1. The third kappa shape index (κ3) is 5.22. The van der Waals surface area contributed by atoms with Crippen molar-refractivity contribution in [2.24, 2.45) is 0 Å². The molecule has 30 heavy (non-hydrogen) atoms. The van der Waals surface area contributed by atoms with E-state index in [1.807, 2.05) is 20.8 Å². The maximum atomic E-state index is 12.5. The largest absolute Gasteiger partial charge is 0.347 e. The second-order valence-corrected chi connectivity index (χ2v) is 8.05. The molecule has 0 bridgehead atoms. The number of nitrogens with one attached hydrogen (secondary N) is 3. The first-order valence-electron chi connectivity index (χ1n) is 9.59. The van der Waals surface area contributed by atoms with Crippen LogP contribution >= 0.6 is 0 Å². The molecular formula is C22H24N4O4. The number of amides is 4. The van der Waals surface area contributed by atoms with E-state index in [4.69, 9.17) is 0 Å². The molecule has 1 heterocycles. The monoisotopic (exact) mass is 408 g/mol. The molecule has 0 saturated carbocycles. The van der Waals surface area contributed by atoms with E-state index in [0.29, 0.717) is 22.5 Å². The highest BCUT2D eigenvalue weighted by molar-refractivity contribution is 6.05. The summed E-state index contributed by atoms with van der Waals surface area (Å²) in [6.07, 6.45) is 0.324. The third-order valence-electron chi connectivity index (χ3n) is 4.33. The van der Waals surface area contributed by atoms with Crippen molar-refractivity contribution < 1.29 is 19.2 Å². The minimum atomic E-state index is -0.336. The molecule has 0 spiro atoms. The average Bonchev–Trinajstić information content (AvgIpc) is 2.69. The molecule has 3 rings (SSSR count). The van der Waals surface area contributed by atoms with Crippen LogP contribution in [0.5, 0.6) is 0 Å². The van der Waals surface area contributed by atoms with Gasteiger partial charge in [-0.3, -0.25) is 24.6 Å². The first-order valence-corrected chi connectivity index (χ1v) is 9.59. The molecule has 8 heteroatoms. The van der Waals surface area contributed by atoms with E-state index in [2.05, 4.69) is 16.1 Å². The van der Waals surface area contributed by atoms with Crippen molar-refractivity contribution in [3.05, 3.63) is 59.7 Å². The molecule has 2 aromatic rings. The number of hydrogen-bond donors (Lipinski definition) is 3. The maximum absolute atomic E-state index is 12.5. The van der Waals surface area contributed by atoms with Gasteiger partial charge >= 0.3 is 0 Å². The van der Waals surface area contributed by atoms with E-state index in [0.717, 1.165) is 0 Å². The molecule has 2 aromatic carbocycles. The lowest BCUT2D eigenvalue weighted by Gasteiger charge is -2.27. The summed E-state index contributed by atoms with van der Waals surface area (Å²) < 4.78 is 0. The van der Waals surface area contributed by atoms with Crippen LogP contribution in [0.15, 0.2) is 48.5 Å². The minimum Gasteiger partial charge on any atom is -0.347 e. The van der Waals surface area contributed by atoms with Gasteiger partial charge in [-0.1, -0.05) is 0 Å². The predicted molar refractivity (Wildman–Crippen MR) is 113 cm³/mol. The molecule has 1 fully saturated rings. The lowest BCUT2D eigenvalue weighted by Crippen LogP contribution is -2.50. The van der Waals surface area contributed by atoms with Gasteiger partial charge in [0.15, 0.2) is 0 Å². The van der Waals surface area contributed by atoms with E-state index < -0.39 is 0 Å². The zero-order chi connectivity index (χ0) is 21.9. The lowest BCUT2D eigenvalue weighted by molar-refractivity contribution is -0.130. The van der Waals surface area contributed by atoms with Gasteiger partial charge in [-0.05, 0) is 69.3 Å². The third-order valence-corrected chi connectivity index (χ3v) is 4.33. The predicted octanol–water partition coefficient (Wildman–Crippen LogP) is 2.63. The fourth-order valence-corrected chi connectivity index (χ4v) is 2.87. The van der Waals surface area contributed by atoms with Gasteiger partial charge in [0, 0.05) is 35.2 Å². The van der Waals surface area contributed by atoms with Crippen LogP contribution in [0.25, 0.3) is 0 Å². The fraction of sp³-hybridized carbons (Fsp3) is 0.273. The molecule has 1 saturated heterocycles. The smallest absolute Gasteiger partial charge is 0.255 e. The van der Waals surface area contributed by atoms with E-state index >= 15 is 0 Å². The number of hydrazine groups is 1. The fourth-order valence-electron chi connectivity index (χ4n) is 2.87. The van der Waals surface area contributed by atoms with Crippen molar-refractivity contribution in [2.75, 3.05) is 10.3 Å². The van der Waals surface area contributed by atoms with E-state index in [9.17, 15) is 19.2 Å². The highest BCUT2D eigenvalue weighted by Gasteiger charge is 2.24. The summed E-state index contributed by atoms with van der Waals surface area (Å²) in [5, 5.41) is 6.84. The summed E-state index contributed by atoms with van der Waals surface area (Å²) >= 11 is 0. The van der Waals surface area contributed by atoms with Crippen LogP contribution in [-0.4, -0.2) is 29.2 Å². The van der Waals surface area contributed by atoms with E-state index in [-0.39, 0.29) is 42.0 Å². The van der Waals surface area contributed by atoms with Crippen molar-refractivity contribution in [3.8, 4) is 0 Å². The van der Waals surface area contributed by atoms with Gasteiger partial charge in [-0.2, -0.15) is 0 Å². The van der Waals surface area contributed by atoms with Crippen LogP contribution in [0.4, 0.5) is 11.4 Å². The zero-order valence-electron chi connectivity index (χ0n) is 17.1. The molecule has 0 aromatic heterocycles. The van der Waals surface area contributed by atoms with Crippen LogP contribution in [0, 0.1) is 0 Å². The summed E-state index contributed by atoms with van der Waals surface area (Å²) in [6, 6.07) is 12.9. The summed E-state index contributed by atoms with van der Waals surface area (Å²) in [6.45, 7) is 5.71. The average molecular weight is 408 g/mol. The number of carbonyl (C=O) groups is 4. The number of nitrogens with zero attached hydrogens (tertiary/aromatic N) is 1. The summed E-state index contributed by atoms with van der Waals surface area (Å²) in [5.74, 6) is -0.948. The molecular weight excluding hydrogens is 384 g/mol. The molecule has 0 radical (unpaired) electrons. The van der Waals surface area contributed by atoms with Gasteiger partial charge in [0.25, 0.3) is 11.8 Å². The van der Waals surface area contributed by atoms with Gasteiger partial charge in [0.1, 0.15) is 0 Å². The first-order chi connectivity index (χ1) is 14.1. The second kappa shape index (κ2) is 8.36. The molecule has 1 aliphatic heterocycles. The Labute approximate surface area is 174 Å². The van der Waals surface area contributed by atoms with Crippen molar-refractivity contribution in [3.63, 3.8) is 0 Å². The van der Waals surface area contributed by atoms with Crippen molar-refractivity contribution in [1.82, 2.24) is 10.7 Å². The standard InChI is InChI=1S/C22H24N4O4/c1-22(2,3)24-21(30)15-4-8-16(9-5-15)23-20(29)14-6-10-17(11-7-14)26-19(28)13-12-18(27)25-26/h4-11H,12-13H2,1-3H3,(H,23,29)(H,24,30)(H,25,27). The molecule has 4 amide bonds. The van der Waals surface area contributed by atoms with Crippen molar-refractivity contribution in [2.45, 2.75) is 39.2 Å². The summed E-state index contributed by atoms with van der Waals surface area (Å²) in [7, 11) is 0. The molecule has 8 nitrogen and oxygen atoms in total. The van der Waals surface area contributed by atoms with Crippen molar-refractivity contribution in [1.29, 1.82) is 0 Å². The van der Waals surface area contributed by atoms with Gasteiger partial charge < -0.3 is 10.6 Å². The van der Waals surface area contributed by atoms with Gasteiger partial charge in [0.2, 0.25) is 11.8 Å². The van der Waals surface area contributed by atoms with E-state index in [1.165, 1.54) is 5.01 Å². The SMILES string of the molecule is CC(C)(C)NC(=O)c1ccc(NC(=O)c2ccc(N3NC(=O)CCC3=O)cc2)cc1. The van der Waals surface area contributed by atoms with E-state index in [1.54, 1.807) is 48.5 Å². The molecule has 156 valence electrons. The quantitative estimate of drug-likeness (QED) is 0.723. The number of benzene rings is 2. The number of rotatable bonds is 4. The maximum Gasteiger partial charge on any atom is 0.255 e. The molecule has 1 aliphatic rings. The van der Waals surface area contributed by atoms with Gasteiger partial charge in [-0.15, -0.1) is 0 Å². The van der Waals surface area contributed by atoms with Crippen LogP contribution in [0.1, 0.15) is 54.3 Å². The highest BCUT2D eigenvalue weighted by atomic mass is 16.2. The Morgan fingerprint density at radius 3 is 2.03 bits per heavy atom. The Morgan fingerprint density at radius 1 is 0.867 bits per heavy atom. The second-order valence-electron chi connectivity index (χ2n) is 8.05. The number of hydrogen-bond acceptors (Lipinski definition) is 4. The molecule has 0 atom stereocenters. The van der Waals surface area contributed by atoms with Crippen molar-refractivity contribution >= 4 is 35.0 Å².